The van der Waals surface area contributed by atoms with Crippen molar-refractivity contribution in [1.82, 2.24) is 5.06 Å². The Bertz CT molecular complexity index is 821. The van der Waals surface area contributed by atoms with Gasteiger partial charge in [0.2, 0.25) is 0 Å². The molecule has 144 valence electrons. The van der Waals surface area contributed by atoms with Gasteiger partial charge in [-0.15, -0.1) is 0 Å². The molecular weight excluding hydrogens is 363 g/mol. The first-order valence-electron chi connectivity index (χ1n) is 7.96. The maximum atomic E-state index is 12.8. The van der Waals surface area contributed by atoms with Crippen LogP contribution >= 0.6 is 0 Å². The number of aliphatic carboxylic acids is 1. The van der Waals surface area contributed by atoms with E-state index < -0.39 is 30.3 Å². The van der Waals surface area contributed by atoms with Crippen molar-refractivity contribution in [1.29, 1.82) is 0 Å². The van der Waals surface area contributed by atoms with Crippen LogP contribution in [0.5, 0.6) is 11.5 Å². The van der Waals surface area contributed by atoms with Crippen molar-refractivity contribution in [3.8, 4) is 11.5 Å². The lowest BCUT2D eigenvalue weighted by Gasteiger charge is -2.17. The maximum Gasteiger partial charge on any atom is 0.416 e. The summed E-state index contributed by atoms with van der Waals surface area (Å²) in [7, 11) is 0. The molecule has 2 aromatic carbocycles. The third kappa shape index (κ3) is 6.43. The minimum absolute atomic E-state index is 0.0577. The van der Waals surface area contributed by atoms with Crippen LogP contribution in [-0.2, 0) is 11.0 Å². The van der Waals surface area contributed by atoms with E-state index in [1.165, 1.54) is 12.1 Å². The topological polar surface area (TPSA) is 70.0 Å². The van der Waals surface area contributed by atoms with E-state index in [1.54, 1.807) is 43.3 Å². The first kappa shape index (κ1) is 20.5. The number of carboxylic acids is 1. The van der Waals surface area contributed by atoms with E-state index in [4.69, 9.17) is 9.84 Å². The standard InChI is InChI=1S/C19H18F3NO4/c1-13(23(26)12-18(24)25)8-9-14-4-2-6-16(10-14)27-17-7-3-5-15(11-17)19(20,21)22/h2-11,13,26H,12H2,1H3,(H,24,25)/b9-8+. The molecule has 2 rings (SSSR count). The predicted octanol–water partition coefficient (Wildman–Crippen LogP) is 4.68. The third-order valence-electron chi connectivity index (χ3n) is 3.59. The molecule has 0 spiro atoms. The summed E-state index contributed by atoms with van der Waals surface area (Å²) in [6.07, 6.45) is -1.22. The Kier molecular flexibility index (Phi) is 6.59. The number of halogens is 3. The number of benzene rings is 2. The van der Waals surface area contributed by atoms with Crippen LogP contribution in [0.3, 0.4) is 0 Å². The fourth-order valence-electron chi connectivity index (χ4n) is 2.19. The quantitative estimate of drug-likeness (QED) is 0.682. The molecule has 2 aromatic rings. The van der Waals surface area contributed by atoms with Crippen molar-refractivity contribution in [2.75, 3.05) is 6.54 Å². The van der Waals surface area contributed by atoms with E-state index in [0.29, 0.717) is 16.4 Å². The highest BCUT2D eigenvalue weighted by atomic mass is 19.4. The number of rotatable bonds is 7. The van der Waals surface area contributed by atoms with Crippen LogP contribution in [0.25, 0.3) is 6.08 Å². The lowest BCUT2D eigenvalue weighted by Crippen LogP contribution is -2.33. The van der Waals surface area contributed by atoms with E-state index in [0.717, 1.165) is 12.1 Å². The molecular formula is C19H18F3NO4. The van der Waals surface area contributed by atoms with Crippen molar-refractivity contribution in [3.05, 3.63) is 65.7 Å². The summed E-state index contributed by atoms with van der Waals surface area (Å²) in [6.45, 7) is 1.09. The number of nitrogens with zero attached hydrogens (tertiary/aromatic N) is 1. The van der Waals surface area contributed by atoms with Crippen LogP contribution in [0.15, 0.2) is 54.6 Å². The highest BCUT2D eigenvalue weighted by Gasteiger charge is 2.30. The number of carboxylic acid groups (broad SMARTS) is 1. The van der Waals surface area contributed by atoms with Crippen molar-refractivity contribution in [2.45, 2.75) is 19.1 Å². The van der Waals surface area contributed by atoms with Gasteiger partial charge in [0.15, 0.2) is 0 Å². The van der Waals surface area contributed by atoms with Crippen molar-refractivity contribution >= 4 is 12.0 Å². The van der Waals surface area contributed by atoms with Gasteiger partial charge in [-0.05, 0) is 42.8 Å². The van der Waals surface area contributed by atoms with Gasteiger partial charge in [0.1, 0.15) is 18.0 Å². The van der Waals surface area contributed by atoms with Gasteiger partial charge in [-0.25, -0.2) is 0 Å². The van der Waals surface area contributed by atoms with E-state index >= 15 is 0 Å². The van der Waals surface area contributed by atoms with Crippen molar-refractivity contribution in [3.63, 3.8) is 0 Å². The molecule has 0 aliphatic heterocycles. The minimum atomic E-state index is -4.45. The number of hydrogen-bond acceptors (Lipinski definition) is 4. The Morgan fingerprint density at radius 1 is 1.19 bits per heavy atom. The summed E-state index contributed by atoms with van der Waals surface area (Å²) in [5.41, 5.74) is -0.124. The first-order chi connectivity index (χ1) is 12.6. The summed E-state index contributed by atoms with van der Waals surface area (Å²) in [4.78, 5) is 10.6. The molecule has 2 N–H and O–H groups in total. The van der Waals surface area contributed by atoms with Gasteiger partial charge in [-0.2, -0.15) is 18.2 Å². The SMILES string of the molecule is CC(/C=C/c1cccc(Oc2cccc(C(F)(F)F)c2)c1)N(O)CC(=O)O. The van der Waals surface area contributed by atoms with E-state index in [9.17, 15) is 23.2 Å². The molecule has 0 saturated heterocycles. The second kappa shape index (κ2) is 8.70. The van der Waals surface area contributed by atoms with Crippen LogP contribution in [-0.4, -0.2) is 33.9 Å². The van der Waals surface area contributed by atoms with Gasteiger partial charge in [0, 0.05) is 0 Å². The number of alkyl halides is 3. The Hall–Kier alpha value is -2.84. The smallest absolute Gasteiger partial charge is 0.416 e. The molecule has 1 atom stereocenters. The van der Waals surface area contributed by atoms with E-state index in [2.05, 4.69) is 0 Å². The fourth-order valence-corrected chi connectivity index (χ4v) is 2.19. The fraction of sp³-hybridized carbons (Fsp3) is 0.211. The minimum Gasteiger partial charge on any atom is -0.480 e. The summed E-state index contributed by atoms with van der Waals surface area (Å²) < 4.78 is 43.8. The summed E-state index contributed by atoms with van der Waals surface area (Å²) in [5.74, 6) is -0.757. The van der Waals surface area contributed by atoms with Crippen LogP contribution < -0.4 is 4.74 Å². The number of hydrogen-bond donors (Lipinski definition) is 2. The molecule has 0 aliphatic rings. The van der Waals surface area contributed by atoms with Gasteiger partial charge in [-0.3, -0.25) is 4.79 Å². The molecule has 0 radical (unpaired) electrons. The van der Waals surface area contributed by atoms with Gasteiger partial charge in [0.05, 0.1) is 11.6 Å². The Morgan fingerprint density at radius 2 is 1.81 bits per heavy atom. The van der Waals surface area contributed by atoms with E-state index in [-0.39, 0.29) is 5.75 Å². The monoisotopic (exact) mass is 381 g/mol. The summed E-state index contributed by atoms with van der Waals surface area (Å²) in [5, 5.41) is 18.9. The van der Waals surface area contributed by atoms with Crippen LogP contribution in [0.2, 0.25) is 0 Å². The molecule has 0 bridgehead atoms. The zero-order valence-corrected chi connectivity index (χ0v) is 14.3. The van der Waals surface area contributed by atoms with Crippen LogP contribution in [0.1, 0.15) is 18.1 Å². The molecule has 8 heteroatoms. The lowest BCUT2D eigenvalue weighted by molar-refractivity contribution is -0.157. The molecule has 0 heterocycles. The maximum absolute atomic E-state index is 12.8. The second-order valence-corrected chi connectivity index (χ2v) is 5.79. The Balaban J connectivity index is 2.09. The lowest BCUT2D eigenvalue weighted by atomic mass is 10.1. The van der Waals surface area contributed by atoms with Gasteiger partial charge in [-0.1, -0.05) is 30.4 Å². The highest BCUT2D eigenvalue weighted by Crippen LogP contribution is 2.32. The van der Waals surface area contributed by atoms with Crippen molar-refractivity contribution < 1.29 is 33.0 Å². The molecule has 1 unspecified atom stereocenters. The molecule has 0 amide bonds. The van der Waals surface area contributed by atoms with Crippen LogP contribution in [0, 0.1) is 0 Å². The zero-order chi connectivity index (χ0) is 20.0. The molecule has 0 saturated carbocycles. The molecule has 0 aromatic heterocycles. The first-order valence-corrected chi connectivity index (χ1v) is 7.96. The molecule has 5 nitrogen and oxygen atoms in total. The molecule has 27 heavy (non-hydrogen) atoms. The Morgan fingerprint density at radius 3 is 2.44 bits per heavy atom. The van der Waals surface area contributed by atoms with Gasteiger partial charge >= 0.3 is 12.1 Å². The number of carbonyl (C=O) groups is 1. The zero-order valence-electron chi connectivity index (χ0n) is 14.3. The van der Waals surface area contributed by atoms with Gasteiger partial charge in [0.25, 0.3) is 0 Å². The average molecular weight is 381 g/mol. The summed E-state index contributed by atoms with van der Waals surface area (Å²) in [6, 6.07) is 10.6. The average Bonchev–Trinajstić information content (AvgIpc) is 2.59. The normalized spacial score (nSPS) is 13.1. The number of hydroxylamine groups is 2. The largest absolute Gasteiger partial charge is 0.480 e. The highest BCUT2D eigenvalue weighted by molar-refractivity contribution is 5.69. The predicted molar refractivity (Wildman–Crippen MR) is 92.6 cm³/mol. The molecule has 0 aliphatic carbocycles. The van der Waals surface area contributed by atoms with E-state index in [1.807, 2.05) is 0 Å². The van der Waals surface area contributed by atoms with Gasteiger partial charge < -0.3 is 15.1 Å². The van der Waals surface area contributed by atoms with Crippen LogP contribution in [0.4, 0.5) is 13.2 Å². The third-order valence-corrected chi connectivity index (χ3v) is 3.59. The van der Waals surface area contributed by atoms with Crippen molar-refractivity contribution in [2.24, 2.45) is 0 Å². The Labute approximate surface area is 153 Å². The second-order valence-electron chi connectivity index (χ2n) is 5.79. The molecule has 0 fully saturated rings. The number of ether oxygens (including phenoxy) is 1. The summed E-state index contributed by atoms with van der Waals surface area (Å²) >= 11 is 0.